The van der Waals surface area contributed by atoms with Crippen molar-refractivity contribution >= 4 is 21.9 Å². The van der Waals surface area contributed by atoms with E-state index in [0.717, 1.165) is 10.2 Å². The highest BCUT2D eigenvalue weighted by Crippen LogP contribution is 2.15. The summed E-state index contributed by atoms with van der Waals surface area (Å²) in [6, 6.07) is 7.31. The largest absolute Gasteiger partial charge is 0.477 e. The monoisotopic (exact) mass is 294 g/mol. The maximum atomic E-state index is 11.0. The van der Waals surface area contributed by atoms with Gasteiger partial charge in [0.2, 0.25) is 0 Å². The summed E-state index contributed by atoms with van der Waals surface area (Å²) in [7, 11) is 0. The van der Waals surface area contributed by atoms with E-state index < -0.39 is 5.97 Å². The molecule has 0 amide bonds. The quantitative estimate of drug-likeness (QED) is 0.943. The minimum atomic E-state index is -0.920. The molecular formula is C12H11BrN2O2. The lowest BCUT2D eigenvalue weighted by Crippen LogP contribution is -2.09. The fraction of sp³-hybridized carbons (Fsp3) is 0.167. The first-order valence-electron chi connectivity index (χ1n) is 5.15. The van der Waals surface area contributed by atoms with Crippen LogP contribution in [0.2, 0.25) is 0 Å². The molecule has 4 nitrogen and oxygen atoms in total. The molecule has 0 fully saturated rings. The lowest BCUT2D eigenvalue weighted by Gasteiger charge is -2.05. The minimum absolute atomic E-state index is 0.285. The Kier molecular flexibility index (Phi) is 3.58. The van der Waals surface area contributed by atoms with Gasteiger partial charge >= 0.3 is 5.97 Å². The Morgan fingerprint density at radius 3 is 2.94 bits per heavy atom. The number of carboxylic acid groups (broad SMARTS) is 1. The summed E-state index contributed by atoms with van der Waals surface area (Å²) >= 11 is 3.28. The third kappa shape index (κ3) is 2.94. The molecule has 2 aromatic heterocycles. The summed E-state index contributed by atoms with van der Waals surface area (Å²) in [5, 5.41) is 9.02. The minimum Gasteiger partial charge on any atom is -0.477 e. The molecule has 0 aliphatic carbocycles. The predicted molar refractivity (Wildman–Crippen MR) is 67.0 cm³/mol. The van der Waals surface area contributed by atoms with Gasteiger partial charge in [0.05, 0.1) is 0 Å². The van der Waals surface area contributed by atoms with Gasteiger partial charge in [-0.15, -0.1) is 0 Å². The topological polar surface area (TPSA) is 55.1 Å². The molecule has 88 valence electrons. The van der Waals surface area contributed by atoms with Gasteiger partial charge in [0.1, 0.15) is 5.69 Å². The number of nitrogens with zero attached hydrogens (tertiary/aromatic N) is 2. The van der Waals surface area contributed by atoms with Gasteiger partial charge in [0.15, 0.2) is 0 Å². The normalized spacial score (nSPS) is 10.4. The first-order chi connectivity index (χ1) is 8.16. The van der Waals surface area contributed by atoms with Gasteiger partial charge < -0.3 is 9.67 Å². The molecule has 0 atom stereocenters. The van der Waals surface area contributed by atoms with Gasteiger partial charge in [-0.05, 0) is 34.1 Å². The lowest BCUT2D eigenvalue weighted by atomic mass is 10.2. The van der Waals surface area contributed by atoms with Crippen LogP contribution in [0.4, 0.5) is 0 Å². The van der Waals surface area contributed by atoms with E-state index in [1.807, 2.05) is 18.2 Å². The molecule has 0 radical (unpaired) electrons. The van der Waals surface area contributed by atoms with Crippen LogP contribution in [0.15, 0.2) is 41.1 Å². The number of carbonyl (C=O) groups is 1. The van der Waals surface area contributed by atoms with Crippen molar-refractivity contribution in [2.45, 2.75) is 13.0 Å². The maximum absolute atomic E-state index is 11.0. The molecule has 0 aliphatic heterocycles. The summed E-state index contributed by atoms with van der Waals surface area (Å²) in [5.41, 5.74) is 1.24. The van der Waals surface area contributed by atoms with Gasteiger partial charge in [-0.2, -0.15) is 0 Å². The Labute approximate surface area is 107 Å². The van der Waals surface area contributed by atoms with Crippen LogP contribution in [-0.4, -0.2) is 20.6 Å². The molecule has 0 aromatic carbocycles. The van der Waals surface area contributed by atoms with Gasteiger partial charge in [-0.25, -0.2) is 4.79 Å². The van der Waals surface area contributed by atoms with Crippen LogP contribution in [0.1, 0.15) is 16.2 Å². The van der Waals surface area contributed by atoms with E-state index in [-0.39, 0.29) is 5.69 Å². The Hall–Kier alpha value is -1.62. The highest BCUT2D eigenvalue weighted by molar-refractivity contribution is 9.10. The number of carboxylic acids is 1. The van der Waals surface area contributed by atoms with Crippen LogP contribution >= 0.6 is 15.9 Å². The highest BCUT2D eigenvalue weighted by Gasteiger charge is 2.11. The van der Waals surface area contributed by atoms with Crippen LogP contribution < -0.4 is 0 Å². The number of aromatic nitrogens is 2. The average molecular weight is 295 g/mol. The van der Waals surface area contributed by atoms with Crippen molar-refractivity contribution in [3.8, 4) is 0 Å². The Morgan fingerprint density at radius 2 is 2.29 bits per heavy atom. The molecule has 1 N–H and O–H groups in total. The van der Waals surface area contributed by atoms with Crippen LogP contribution in [0.25, 0.3) is 0 Å². The molecule has 0 saturated heterocycles. The highest BCUT2D eigenvalue weighted by atomic mass is 79.9. The summed E-state index contributed by atoms with van der Waals surface area (Å²) in [4.78, 5) is 15.2. The fourth-order valence-corrected chi connectivity index (χ4v) is 2.08. The molecule has 2 rings (SSSR count). The molecule has 0 saturated carbocycles. The zero-order valence-corrected chi connectivity index (χ0v) is 10.6. The zero-order valence-electron chi connectivity index (χ0n) is 9.01. The Bertz CT molecular complexity index is 523. The Morgan fingerprint density at radius 1 is 1.47 bits per heavy atom. The van der Waals surface area contributed by atoms with Crippen molar-refractivity contribution in [1.82, 2.24) is 9.55 Å². The molecule has 0 aliphatic rings. The van der Waals surface area contributed by atoms with Crippen LogP contribution in [-0.2, 0) is 13.0 Å². The number of pyridine rings is 1. The van der Waals surface area contributed by atoms with E-state index in [9.17, 15) is 4.79 Å². The molecule has 2 heterocycles. The van der Waals surface area contributed by atoms with Gasteiger partial charge in [-0.1, -0.05) is 6.07 Å². The van der Waals surface area contributed by atoms with E-state index in [1.54, 1.807) is 23.0 Å². The van der Waals surface area contributed by atoms with Crippen molar-refractivity contribution < 1.29 is 9.90 Å². The number of rotatable bonds is 4. The second-order valence-electron chi connectivity index (χ2n) is 3.61. The van der Waals surface area contributed by atoms with Crippen molar-refractivity contribution in [3.63, 3.8) is 0 Å². The third-order valence-corrected chi connectivity index (χ3v) is 2.85. The SMILES string of the molecule is O=C(O)c1cc(Br)cn1CCc1ccccn1. The second kappa shape index (κ2) is 5.14. The molecule has 17 heavy (non-hydrogen) atoms. The fourth-order valence-electron chi connectivity index (χ4n) is 1.62. The summed E-state index contributed by atoms with van der Waals surface area (Å²) < 4.78 is 2.48. The van der Waals surface area contributed by atoms with Gasteiger partial charge in [0.25, 0.3) is 0 Å². The first kappa shape index (κ1) is 11.9. The van der Waals surface area contributed by atoms with Crippen LogP contribution in [0, 0.1) is 0 Å². The van der Waals surface area contributed by atoms with Crippen LogP contribution in [0.5, 0.6) is 0 Å². The molecule has 0 bridgehead atoms. The molecular weight excluding hydrogens is 284 g/mol. The number of aryl methyl sites for hydroxylation is 2. The second-order valence-corrected chi connectivity index (χ2v) is 4.53. The van der Waals surface area contributed by atoms with Crippen molar-refractivity contribution in [1.29, 1.82) is 0 Å². The van der Waals surface area contributed by atoms with Crippen molar-refractivity contribution in [3.05, 3.63) is 52.5 Å². The Balaban J connectivity index is 2.11. The van der Waals surface area contributed by atoms with E-state index in [1.165, 1.54) is 0 Å². The average Bonchev–Trinajstić information content (AvgIpc) is 2.69. The summed E-state index contributed by atoms with van der Waals surface area (Å²) in [6.45, 7) is 0.601. The van der Waals surface area contributed by atoms with E-state index in [2.05, 4.69) is 20.9 Å². The number of halogens is 1. The maximum Gasteiger partial charge on any atom is 0.352 e. The lowest BCUT2D eigenvalue weighted by molar-refractivity contribution is 0.0685. The van der Waals surface area contributed by atoms with Gasteiger partial charge in [-0.3, -0.25) is 4.98 Å². The molecule has 5 heteroatoms. The number of hydrogen-bond donors (Lipinski definition) is 1. The van der Waals surface area contributed by atoms with Gasteiger partial charge in [0, 0.05) is 35.5 Å². The third-order valence-electron chi connectivity index (χ3n) is 2.42. The van der Waals surface area contributed by atoms with E-state index >= 15 is 0 Å². The summed E-state index contributed by atoms with van der Waals surface area (Å²) in [5.74, 6) is -0.920. The summed E-state index contributed by atoms with van der Waals surface area (Å²) in [6.07, 6.45) is 4.22. The standard InChI is InChI=1S/C12H11BrN2O2/c13-9-7-11(12(16)17)15(8-9)6-4-10-3-1-2-5-14-10/h1-3,5,7-8H,4,6H2,(H,16,17). The molecule has 0 spiro atoms. The first-order valence-corrected chi connectivity index (χ1v) is 5.95. The predicted octanol–water partition coefficient (Wildman–Crippen LogP) is 2.59. The number of hydrogen-bond acceptors (Lipinski definition) is 2. The van der Waals surface area contributed by atoms with Crippen molar-refractivity contribution in [2.24, 2.45) is 0 Å². The molecule has 2 aromatic rings. The molecule has 0 unspecified atom stereocenters. The zero-order chi connectivity index (χ0) is 12.3. The van der Waals surface area contributed by atoms with E-state index in [0.29, 0.717) is 13.0 Å². The smallest absolute Gasteiger partial charge is 0.352 e. The van der Waals surface area contributed by atoms with E-state index in [4.69, 9.17) is 5.11 Å². The number of aromatic carboxylic acids is 1. The van der Waals surface area contributed by atoms with Crippen molar-refractivity contribution in [2.75, 3.05) is 0 Å². The van der Waals surface area contributed by atoms with Crippen LogP contribution in [0.3, 0.4) is 0 Å².